The number of aromatic nitrogens is 2. The number of rotatable bonds is 5. The number of aromatic amines is 1. The summed E-state index contributed by atoms with van der Waals surface area (Å²) in [5.74, 6) is 0.0379. The summed E-state index contributed by atoms with van der Waals surface area (Å²) in [5, 5.41) is 16.9. The first-order chi connectivity index (χ1) is 12.5. The number of amides is 1. The molecule has 0 spiro atoms. The third-order valence-electron chi connectivity index (χ3n) is 5.17. The highest BCUT2D eigenvalue weighted by Gasteiger charge is 2.36. The summed E-state index contributed by atoms with van der Waals surface area (Å²) in [6.07, 6.45) is 6.58. The average molecular weight is 353 g/mol. The molecule has 3 rings (SSSR count). The van der Waals surface area contributed by atoms with Gasteiger partial charge in [0.2, 0.25) is 0 Å². The summed E-state index contributed by atoms with van der Waals surface area (Å²) in [7, 11) is 0. The van der Waals surface area contributed by atoms with E-state index in [9.17, 15) is 9.90 Å². The Morgan fingerprint density at radius 2 is 2.08 bits per heavy atom. The molecular formula is C21H27N3O2. The second kappa shape index (κ2) is 7.87. The van der Waals surface area contributed by atoms with E-state index in [1.807, 2.05) is 35.2 Å². The van der Waals surface area contributed by atoms with Crippen LogP contribution in [0.25, 0.3) is 11.3 Å². The number of benzene rings is 1. The van der Waals surface area contributed by atoms with Crippen LogP contribution in [0.1, 0.15) is 43.5 Å². The number of nitrogens with zero attached hydrogens (tertiary/aromatic N) is 2. The highest BCUT2D eigenvalue weighted by atomic mass is 16.3. The number of piperidine rings is 1. The molecule has 1 saturated heterocycles. The number of carbonyl (C=O) groups excluding carboxylic acids is 1. The van der Waals surface area contributed by atoms with Crippen molar-refractivity contribution in [2.45, 2.75) is 33.1 Å². The van der Waals surface area contributed by atoms with Crippen LogP contribution in [0, 0.1) is 5.41 Å². The van der Waals surface area contributed by atoms with Gasteiger partial charge in [-0.3, -0.25) is 9.89 Å². The van der Waals surface area contributed by atoms with E-state index >= 15 is 0 Å². The van der Waals surface area contributed by atoms with E-state index in [1.54, 1.807) is 6.20 Å². The van der Waals surface area contributed by atoms with Crippen LogP contribution < -0.4 is 0 Å². The lowest BCUT2D eigenvalue weighted by Gasteiger charge is -2.41. The maximum atomic E-state index is 12.9. The summed E-state index contributed by atoms with van der Waals surface area (Å²) in [4.78, 5) is 14.8. The van der Waals surface area contributed by atoms with Gasteiger partial charge < -0.3 is 10.0 Å². The minimum Gasteiger partial charge on any atom is -0.396 e. The molecule has 1 fully saturated rings. The van der Waals surface area contributed by atoms with Crippen LogP contribution in [0.5, 0.6) is 0 Å². The smallest absolute Gasteiger partial charge is 0.253 e. The van der Waals surface area contributed by atoms with Crippen molar-refractivity contribution < 1.29 is 9.90 Å². The predicted octanol–water partition coefficient (Wildman–Crippen LogP) is 3.65. The summed E-state index contributed by atoms with van der Waals surface area (Å²) in [5.41, 5.74) is 3.65. The van der Waals surface area contributed by atoms with E-state index in [1.165, 1.54) is 5.57 Å². The van der Waals surface area contributed by atoms with Gasteiger partial charge in [-0.1, -0.05) is 23.8 Å². The number of H-pyrrole nitrogens is 1. The van der Waals surface area contributed by atoms with Crippen molar-refractivity contribution in [3.63, 3.8) is 0 Å². The molecule has 0 radical (unpaired) electrons. The van der Waals surface area contributed by atoms with Crippen LogP contribution in [0.2, 0.25) is 0 Å². The van der Waals surface area contributed by atoms with Crippen molar-refractivity contribution in [2.75, 3.05) is 19.7 Å². The van der Waals surface area contributed by atoms with E-state index in [0.717, 1.165) is 37.1 Å². The van der Waals surface area contributed by atoms with Gasteiger partial charge in [0.25, 0.3) is 5.91 Å². The second-order valence-corrected chi connectivity index (χ2v) is 7.52. The molecule has 2 N–H and O–H groups in total. The quantitative estimate of drug-likeness (QED) is 0.806. The Morgan fingerprint density at radius 3 is 2.69 bits per heavy atom. The van der Waals surface area contributed by atoms with Gasteiger partial charge in [-0.2, -0.15) is 5.10 Å². The molecule has 2 heterocycles. The minimum atomic E-state index is -0.221. The van der Waals surface area contributed by atoms with Gasteiger partial charge in [-0.25, -0.2) is 0 Å². The predicted molar refractivity (Wildman–Crippen MR) is 103 cm³/mol. The van der Waals surface area contributed by atoms with Gasteiger partial charge in [0.05, 0.1) is 12.3 Å². The standard InChI is InChI=1S/C21H27N3O2/c1-16(2)8-11-21(15-25)10-3-13-24(14-21)20(26)18-6-4-17(5-7-18)19-9-12-22-23-19/h4-9,12,25H,3,10-11,13-15H2,1-2H3,(H,22,23). The SMILES string of the molecule is CC(C)=CCC1(CO)CCCN(C(=O)c2ccc(-c3ccn[nH]3)cc2)C1. The van der Waals surface area contributed by atoms with E-state index in [0.29, 0.717) is 12.1 Å². The Morgan fingerprint density at radius 1 is 1.31 bits per heavy atom. The van der Waals surface area contributed by atoms with Crippen molar-refractivity contribution in [3.05, 3.63) is 53.7 Å². The number of hydrogen-bond donors (Lipinski definition) is 2. The fourth-order valence-corrected chi connectivity index (χ4v) is 3.55. The van der Waals surface area contributed by atoms with Crippen molar-refractivity contribution in [1.82, 2.24) is 15.1 Å². The molecule has 2 aromatic rings. The van der Waals surface area contributed by atoms with Crippen molar-refractivity contribution in [1.29, 1.82) is 0 Å². The number of aliphatic hydroxyl groups is 1. The van der Waals surface area contributed by atoms with Crippen LogP contribution in [0.4, 0.5) is 0 Å². The Kier molecular flexibility index (Phi) is 5.57. The highest BCUT2D eigenvalue weighted by molar-refractivity contribution is 5.94. The van der Waals surface area contributed by atoms with Crippen molar-refractivity contribution in [3.8, 4) is 11.3 Å². The molecular weight excluding hydrogens is 326 g/mol. The van der Waals surface area contributed by atoms with Gasteiger partial charge in [0.15, 0.2) is 0 Å². The summed E-state index contributed by atoms with van der Waals surface area (Å²) in [6, 6.07) is 9.51. The highest BCUT2D eigenvalue weighted by Crippen LogP contribution is 2.34. The first kappa shape index (κ1) is 18.4. The molecule has 1 aliphatic rings. The zero-order valence-corrected chi connectivity index (χ0v) is 15.5. The number of hydrogen-bond acceptors (Lipinski definition) is 3. The first-order valence-corrected chi connectivity index (χ1v) is 9.16. The Bertz CT molecular complexity index is 761. The third-order valence-corrected chi connectivity index (χ3v) is 5.17. The van der Waals surface area contributed by atoms with Gasteiger partial charge in [-0.05, 0) is 56.9 Å². The molecule has 0 saturated carbocycles. The van der Waals surface area contributed by atoms with Crippen LogP contribution in [-0.4, -0.2) is 45.8 Å². The van der Waals surface area contributed by atoms with Gasteiger partial charge in [-0.15, -0.1) is 0 Å². The monoisotopic (exact) mass is 353 g/mol. The largest absolute Gasteiger partial charge is 0.396 e. The minimum absolute atomic E-state index is 0.0379. The lowest BCUT2D eigenvalue weighted by molar-refractivity contribution is 0.0284. The molecule has 26 heavy (non-hydrogen) atoms. The molecule has 5 heteroatoms. The fourth-order valence-electron chi connectivity index (χ4n) is 3.55. The van der Waals surface area contributed by atoms with Crippen LogP contribution >= 0.6 is 0 Å². The van der Waals surface area contributed by atoms with Gasteiger partial charge in [0.1, 0.15) is 0 Å². The van der Waals surface area contributed by atoms with Gasteiger partial charge in [0, 0.05) is 30.3 Å². The normalized spacial score (nSPS) is 20.0. The van der Waals surface area contributed by atoms with Gasteiger partial charge >= 0.3 is 0 Å². The lowest BCUT2D eigenvalue weighted by atomic mass is 9.77. The van der Waals surface area contributed by atoms with E-state index in [4.69, 9.17) is 0 Å². The third kappa shape index (κ3) is 4.05. The van der Waals surface area contributed by atoms with Crippen molar-refractivity contribution >= 4 is 5.91 Å². The van der Waals surface area contributed by atoms with E-state index in [-0.39, 0.29) is 17.9 Å². The van der Waals surface area contributed by atoms with E-state index in [2.05, 4.69) is 30.1 Å². The molecule has 1 unspecified atom stereocenters. The molecule has 1 amide bonds. The lowest BCUT2D eigenvalue weighted by Crippen LogP contribution is -2.47. The Balaban J connectivity index is 1.73. The second-order valence-electron chi connectivity index (χ2n) is 7.52. The molecule has 1 aromatic heterocycles. The zero-order valence-electron chi connectivity index (χ0n) is 15.5. The number of carbonyl (C=O) groups is 1. The Hall–Kier alpha value is -2.40. The fraction of sp³-hybridized carbons (Fsp3) is 0.429. The van der Waals surface area contributed by atoms with Crippen LogP contribution in [0.3, 0.4) is 0 Å². The molecule has 138 valence electrons. The Labute approximate surface area is 154 Å². The van der Waals surface area contributed by atoms with E-state index < -0.39 is 0 Å². The summed E-state index contributed by atoms with van der Waals surface area (Å²) < 4.78 is 0. The topological polar surface area (TPSA) is 69.2 Å². The maximum absolute atomic E-state index is 12.9. The average Bonchev–Trinajstić information content (AvgIpc) is 3.21. The maximum Gasteiger partial charge on any atom is 0.253 e. The number of nitrogens with one attached hydrogen (secondary N) is 1. The molecule has 1 atom stereocenters. The molecule has 1 aliphatic heterocycles. The molecule has 1 aromatic carbocycles. The van der Waals surface area contributed by atoms with Crippen LogP contribution in [-0.2, 0) is 0 Å². The van der Waals surface area contributed by atoms with Crippen molar-refractivity contribution in [2.24, 2.45) is 5.41 Å². The first-order valence-electron chi connectivity index (χ1n) is 9.16. The molecule has 5 nitrogen and oxygen atoms in total. The number of aliphatic hydroxyl groups excluding tert-OH is 1. The summed E-state index contributed by atoms with van der Waals surface area (Å²) >= 11 is 0. The van der Waals surface area contributed by atoms with Crippen LogP contribution in [0.15, 0.2) is 48.2 Å². The number of allylic oxidation sites excluding steroid dienone is 2. The number of likely N-dealkylation sites (tertiary alicyclic amines) is 1. The molecule has 0 bridgehead atoms. The summed E-state index contributed by atoms with van der Waals surface area (Å²) in [6.45, 7) is 5.60. The zero-order chi connectivity index (χ0) is 18.6. The molecule has 0 aliphatic carbocycles.